The van der Waals surface area contributed by atoms with Gasteiger partial charge in [-0.05, 0) is 0 Å². The molecule has 9 rings (SSSR count). The number of carbonyl (C=O) groups is 2. The van der Waals surface area contributed by atoms with Crippen molar-refractivity contribution >= 4 is 75.7 Å². The van der Waals surface area contributed by atoms with Gasteiger partial charge in [-0.3, -0.25) is 0 Å². The van der Waals surface area contributed by atoms with Crippen LogP contribution in [0.5, 0.6) is 0 Å². The second-order valence-electron chi connectivity index (χ2n) is 15.5. The van der Waals surface area contributed by atoms with Gasteiger partial charge in [0.15, 0.2) is 0 Å². The SMILES string of the molecule is O=C([O][Sb]([c]1ccccc1)([c]1ccccc1)([c]1ccccc1)[c]1ccccc1)c1c(F)c(F)c(F)c(F)c1C(=O)[O][Sb]([c]1ccccc1)([c]1ccccc1)([c]1ccccc1)[c]1ccccc1. The first-order valence-corrected chi connectivity index (χ1v) is 33.3. The van der Waals surface area contributed by atoms with E-state index >= 15 is 27.2 Å². The second-order valence-corrected chi connectivity index (χ2v) is 40.2. The fourth-order valence-corrected chi connectivity index (χ4v) is 41.3. The molecule has 0 spiro atoms. The van der Waals surface area contributed by atoms with Crippen LogP contribution in [0.3, 0.4) is 0 Å². The van der Waals surface area contributed by atoms with Gasteiger partial charge in [0.1, 0.15) is 0 Å². The number of hydrogen-bond donors (Lipinski definition) is 0. The Labute approximate surface area is 383 Å². The third-order valence-electron chi connectivity index (χ3n) is 12.2. The van der Waals surface area contributed by atoms with E-state index in [9.17, 15) is 0 Å². The standard InChI is InChI=1S/C8H2F4O4.8C6H5.2Sb/c9-3-1(7(13)14)2(8(15)16)4(10)6(12)5(3)11;8*1-2-4-6-5-3-1;;/h(H,13,14)(H,15,16);8*1-5H;;/q;;;;;;;;;2*+1/p-2. The first-order valence-electron chi connectivity index (χ1n) is 21.0. The quantitative estimate of drug-likeness (QED) is 0.0548. The van der Waals surface area contributed by atoms with Crippen LogP contribution < -0.4 is 28.1 Å². The molecule has 0 amide bonds. The number of hydrogen-bond acceptors (Lipinski definition) is 4. The predicted molar refractivity (Wildman–Crippen MR) is 257 cm³/mol. The molecular formula is C56H40F4O4Sb2. The number of halogens is 4. The van der Waals surface area contributed by atoms with Gasteiger partial charge in [-0.2, -0.15) is 0 Å². The molecule has 0 unspecified atom stereocenters. The van der Waals surface area contributed by atoms with E-state index in [0.717, 1.165) is 0 Å². The number of benzene rings is 9. The summed E-state index contributed by atoms with van der Waals surface area (Å²) in [7, 11) is 0. The van der Waals surface area contributed by atoms with Crippen molar-refractivity contribution in [2.45, 2.75) is 0 Å². The van der Waals surface area contributed by atoms with Gasteiger partial charge in [0.25, 0.3) is 0 Å². The fraction of sp³-hybridized carbons (Fsp3) is 0. The average Bonchev–Trinajstić information content (AvgIpc) is 3.39. The first kappa shape index (κ1) is 44.5. The van der Waals surface area contributed by atoms with Gasteiger partial charge in [0.05, 0.1) is 0 Å². The van der Waals surface area contributed by atoms with Crippen molar-refractivity contribution in [2.24, 2.45) is 0 Å². The number of rotatable bonds is 12. The molecule has 4 nitrogen and oxygen atoms in total. The summed E-state index contributed by atoms with van der Waals surface area (Å²) in [5.74, 6) is -12.0. The van der Waals surface area contributed by atoms with Crippen molar-refractivity contribution in [3.63, 3.8) is 0 Å². The Morgan fingerprint density at radius 1 is 0.258 bits per heavy atom. The third-order valence-corrected chi connectivity index (χ3v) is 44.5. The average molecular weight is 1100 g/mol. The van der Waals surface area contributed by atoms with Crippen molar-refractivity contribution in [2.75, 3.05) is 0 Å². The Balaban J connectivity index is 1.38. The molecule has 0 aliphatic rings. The molecule has 9 aromatic carbocycles. The van der Waals surface area contributed by atoms with Gasteiger partial charge < -0.3 is 0 Å². The van der Waals surface area contributed by atoms with Gasteiger partial charge in [0, 0.05) is 0 Å². The molecule has 0 fully saturated rings. The summed E-state index contributed by atoms with van der Waals surface area (Å²) in [4.78, 5) is 31.6. The zero-order chi connectivity index (χ0) is 45.8. The second kappa shape index (κ2) is 17.9. The first-order chi connectivity index (χ1) is 32.2. The maximum absolute atomic E-state index is 17.2. The Kier molecular flexibility index (Phi) is 12.1. The molecule has 0 aliphatic carbocycles. The Morgan fingerprint density at radius 3 is 0.561 bits per heavy atom. The van der Waals surface area contributed by atoms with Crippen LogP contribution in [0.15, 0.2) is 243 Å². The monoisotopic (exact) mass is 1090 g/mol. The number of carbonyl (C=O) groups excluding carboxylic acids is 2. The molecule has 0 N–H and O–H groups in total. The molecule has 0 radical (unpaired) electrons. The van der Waals surface area contributed by atoms with Crippen LogP contribution in [-0.2, 0) is 6.03 Å². The molecule has 66 heavy (non-hydrogen) atoms. The normalized spacial score (nSPS) is 12.7. The zero-order valence-corrected chi connectivity index (χ0v) is 40.2. The molecule has 326 valence electrons. The van der Waals surface area contributed by atoms with E-state index in [4.69, 9.17) is 6.03 Å². The topological polar surface area (TPSA) is 52.6 Å². The summed E-state index contributed by atoms with van der Waals surface area (Å²) in [6.07, 6.45) is 0. The summed E-state index contributed by atoms with van der Waals surface area (Å²) >= 11 is -12.7. The summed E-state index contributed by atoms with van der Waals surface area (Å²) < 4.78 is 85.0. The Morgan fingerprint density at radius 2 is 0.409 bits per heavy atom. The van der Waals surface area contributed by atoms with Gasteiger partial charge in [0.2, 0.25) is 0 Å². The molecule has 0 bridgehead atoms. The van der Waals surface area contributed by atoms with Crippen LogP contribution in [0.2, 0.25) is 0 Å². The van der Waals surface area contributed by atoms with Crippen LogP contribution in [-0.4, -0.2) is 47.6 Å². The van der Waals surface area contributed by atoms with Crippen LogP contribution >= 0.6 is 0 Å². The van der Waals surface area contributed by atoms with Crippen LogP contribution in [0.1, 0.15) is 20.7 Å². The zero-order valence-electron chi connectivity index (χ0n) is 35.1. The third kappa shape index (κ3) is 6.64. The van der Waals surface area contributed by atoms with Gasteiger partial charge >= 0.3 is 386 Å². The minimum absolute atomic E-state index is 0.532. The van der Waals surface area contributed by atoms with Crippen LogP contribution in [0, 0.1) is 23.3 Å². The van der Waals surface area contributed by atoms with Crippen molar-refractivity contribution in [3.05, 3.63) is 277 Å². The Bertz CT molecular complexity index is 2610. The minimum atomic E-state index is -6.35. The van der Waals surface area contributed by atoms with Gasteiger partial charge in [-0.15, -0.1) is 0 Å². The van der Waals surface area contributed by atoms with Gasteiger partial charge in [-0.25, -0.2) is 0 Å². The molecule has 9 aromatic rings. The maximum atomic E-state index is 17.2. The molecule has 0 saturated carbocycles. The molecule has 0 aliphatic heterocycles. The van der Waals surface area contributed by atoms with Crippen molar-refractivity contribution < 1.29 is 33.2 Å². The summed E-state index contributed by atoms with van der Waals surface area (Å²) in [6.45, 7) is 0. The molecule has 0 atom stereocenters. The predicted octanol–water partition coefficient (Wildman–Crippen LogP) is 7.61. The van der Waals surface area contributed by atoms with E-state index in [0.29, 0.717) is 28.1 Å². The fourth-order valence-electron chi connectivity index (χ4n) is 9.35. The molecule has 0 aromatic heterocycles. The Hall–Kier alpha value is -6.72. The van der Waals surface area contributed by atoms with E-state index in [1.807, 2.05) is 0 Å². The molecule has 0 heterocycles. The summed E-state index contributed by atoms with van der Waals surface area (Å²) in [6, 6.07) is 71.5. The molecule has 0 saturated heterocycles. The molecular weight excluding hydrogens is 1060 g/mol. The van der Waals surface area contributed by atoms with E-state index in [1.165, 1.54) is 0 Å². The van der Waals surface area contributed by atoms with Crippen molar-refractivity contribution in [3.8, 4) is 0 Å². The van der Waals surface area contributed by atoms with E-state index in [2.05, 4.69) is 0 Å². The molecule has 10 heteroatoms. The van der Waals surface area contributed by atoms with E-state index in [1.54, 1.807) is 243 Å². The summed E-state index contributed by atoms with van der Waals surface area (Å²) in [5, 5.41) is 0. The van der Waals surface area contributed by atoms with E-state index in [-0.39, 0.29) is 0 Å². The van der Waals surface area contributed by atoms with Crippen molar-refractivity contribution in [1.29, 1.82) is 0 Å². The van der Waals surface area contributed by atoms with Gasteiger partial charge in [-0.1, -0.05) is 0 Å². The van der Waals surface area contributed by atoms with Crippen molar-refractivity contribution in [1.82, 2.24) is 0 Å². The summed E-state index contributed by atoms with van der Waals surface area (Å²) in [5.41, 5.74) is -2.91. The van der Waals surface area contributed by atoms with Crippen LogP contribution in [0.4, 0.5) is 17.6 Å². The van der Waals surface area contributed by atoms with E-state index < -0.39 is 82.0 Å². The van der Waals surface area contributed by atoms with Crippen LogP contribution in [0.25, 0.3) is 0 Å².